The number of benzene rings is 1. The van der Waals surface area contributed by atoms with E-state index in [9.17, 15) is 9.59 Å². The van der Waals surface area contributed by atoms with Crippen LogP contribution >= 0.6 is 0 Å². The number of ether oxygens (including phenoxy) is 1. The largest absolute Gasteiger partial charge is 0.442 e. The highest BCUT2D eigenvalue weighted by atomic mass is 16.6. The highest BCUT2D eigenvalue weighted by molar-refractivity contribution is 5.77. The second-order valence-electron chi connectivity index (χ2n) is 5.91. The summed E-state index contributed by atoms with van der Waals surface area (Å²) in [6, 6.07) is 9.48. The molecule has 1 aromatic rings. The SMILES string of the molecule is C=CCN(C(=O)OC(C)(C)C)N(Cc1ccccc1)C(C)=O. The topological polar surface area (TPSA) is 49.9 Å². The molecule has 5 heteroatoms. The van der Waals surface area contributed by atoms with Gasteiger partial charge in [0.15, 0.2) is 0 Å². The van der Waals surface area contributed by atoms with Gasteiger partial charge in [0.2, 0.25) is 5.91 Å². The summed E-state index contributed by atoms with van der Waals surface area (Å²) in [7, 11) is 0. The van der Waals surface area contributed by atoms with E-state index in [2.05, 4.69) is 6.58 Å². The molecular formula is C17H24N2O3. The fraction of sp³-hybridized carbons (Fsp3) is 0.412. The maximum atomic E-state index is 12.3. The van der Waals surface area contributed by atoms with Gasteiger partial charge in [0, 0.05) is 6.92 Å². The number of hydrogen-bond acceptors (Lipinski definition) is 3. The van der Waals surface area contributed by atoms with Gasteiger partial charge in [0.05, 0.1) is 13.1 Å². The molecule has 0 unspecified atom stereocenters. The summed E-state index contributed by atoms with van der Waals surface area (Å²) in [5.41, 5.74) is 0.293. The number of hydrogen-bond donors (Lipinski definition) is 0. The highest BCUT2D eigenvalue weighted by Gasteiger charge is 2.27. The summed E-state index contributed by atoms with van der Waals surface area (Å²) < 4.78 is 5.37. The molecule has 5 nitrogen and oxygen atoms in total. The fourth-order valence-electron chi connectivity index (χ4n) is 1.83. The average molecular weight is 304 g/mol. The molecule has 0 saturated carbocycles. The van der Waals surface area contributed by atoms with E-state index >= 15 is 0 Å². The molecule has 0 N–H and O–H groups in total. The van der Waals surface area contributed by atoms with E-state index in [1.54, 1.807) is 26.8 Å². The summed E-state index contributed by atoms with van der Waals surface area (Å²) in [6.45, 7) is 10.9. The van der Waals surface area contributed by atoms with Crippen molar-refractivity contribution in [2.75, 3.05) is 6.54 Å². The van der Waals surface area contributed by atoms with Gasteiger partial charge in [-0.2, -0.15) is 0 Å². The Kier molecular flexibility index (Phi) is 6.16. The molecule has 1 rings (SSSR count). The van der Waals surface area contributed by atoms with Crippen molar-refractivity contribution in [3.05, 3.63) is 48.6 Å². The maximum Gasteiger partial charge on any atom is 0.429 e. The lowest BCUT2D eigenvalue weighted by atomic mass is 10.2. The van der Waals surface area contributed by atoms with Crippen molar-refractivity contribution in [1.82, 2.24) is 10.0 Å². The van der Waals surface area contributed by atoms with Gasteiger partial charge in [-0.05, 0) is 26.3 Å². The highest BCUT2D eigenvalue weighted by Crippen LogP contribution is 2.14. The van der Waals surface area contributed by atoms with Crippen molar-refractivity contribution in [3.63, 3.8) is 0 Å². The normalized spacial score (nSPS) is 10.7. The Bertz CT molecular complexity index is 520. The predicted octanol–water partition coefficient (Wildman–Crippen LogP) is 3.37. The number of hydrazine groups is 1. The van der Waals surface area contributed by atoms with Crippen LogP contribution in [0.5, 0.6) is 0 Å². The molecule has 0 aliphatic heterocycles. The first-order chi connectivity index (χ1) is 10.2. The number of carbonyl (C=O) groups is 2. The molecule has 0 heterocycles. The van der Waals surface area contributed by atoms with Crippen molar-refractivity contribution < 1.29 is 14.3 Å². The molecule has 1 aromatic carbocycles. The van der Waals surface area contributed by atoms with Crippen molar-refractivity contribution in [2.24, 2.45) is 0 Å². The Hall–Kier alpha value is -2.30. The number of carbonyl (C=O) groups excluding carboxylic acids is 2. The van der Waals surface area contributed by atoms with Gasteiger partial charge in [-0.3, -0.25) is 4.79 Å². The van der Waals surface area contributed by atoms with Gasteiger partial charge in [-0.25, -0.2) is 14.8 Å². The summed E-state index contributed by atoms with van der Waals surface area (Å²) in [6.07, 6.45) is 0.990. The quantitative estimate of drug-likeness (QED) is 0.633. The van der Waals surface area contributed by atoms with E-state index < -0.39 is 11.7 Å². The van der Waals surface area contributed by atoms with Crippen molar-refractivity contribution in [2.45, 2.75) is 39.8 Å². The van der Waals surface area contributed by atoms with Crippen molar-refractivity contribution >= 4 is 12.0 Å². The molecule has 0 aliphatic rings. The first-order valence-corrected chi connectivity index (χ1v) is 7.18. The molecule has 0 spiro atoms. The lowest BCUT2D eigenvalue weighted by Gasteiger charge is -2.34. The summed E-state index contributed by atoms with van der Waals surface area (Å²) in [5.74, 6) is -0.239. The lowest BCUT2D eigenvalue weighted by Crippen LogP contribution is -2.50. The molecule has 2 amide bonds. The summed E-state index contributed by atoms with van der Waals surface area (Å²) >= 11 is 0. The monoisotopic (exact) mass is 304 g/mol. The van der Waals surface area contributed by atoms with Gasteiger partial charge in [0.25, 0.3) is 0 Å². The standard InChI is InChI=1S/C17H24N2O3/c1-6-12-18(16(21)22-17(3,4)5)19(14(2)20)13-15-10-8-7-9-11-15/h6-11H,1,12-13H2,2-5H3. The van der Waals surface area contributed by atoms with Crippen LogP contribution in [-0.4, -0.2) is 34.2 Å². The van der Waals surface area contributed by atoms with E-state index in [1.165, 1.54) is 16.9 Å². The smallest absolute Gasteiger partial charge is 0.429 e. The third kappa shape index (κ3) is 5.60. The average Bonchev–Trinajstić information content (AvgIpc) is 2.41. The van der Waals surface area contributed by atoms with Crippen LogP contribution in [0.2, 0.25) is 0 Å². The zero-order valence-corrected chi connectivity index (χ0v) is 13.7. The van der Waals surface area contributed by atoms with E-state index in [1.807, 2.05) is 30.3 Å². The molecule has 0 aliphatic carbocycles. The molecular weight excluding hydrogens is 280 g/mol. The number of nitrogens with zero attached hydrogens (tertiary/aromatic N) is 2. The second kappa shape index (κ2) is 7.64. The third-order valence-electron chi connectivity index (χ3n) is 2.74. The van der Waals surface area contributed by atoms with Crippen molar-refractivity contribution in [1.29, 1.82) is 0 Å². The zero-order chi connectivity index (χ0) is 16.8. The zero-order valence-electron chi connectivity index (χ0n) is 13.7. The molecule has 22 heavy (non-hydrogen) atoms. The molecule has 0 saturated heterocycles. The fourth-order valence-corrected chi connectivity index (χ4v) is 1.83. The Balaban J connectivity index is 2.99. The van der Waals surface area contributed by atoms with Crippen LogP contribution in [0.3, 0.4) is 0 Å². The molecule has 120 valence electrons. The molecule has 0 bridgehead atoms. The van der Waals surface area contributed by atoms with Gasteiger partial charge in [0.1, 0.15) is 5.60 Å². The van der Waals surface area contributed by atoms with E-state index in [0.717, 1.165) is 5.56 Å². The van der Waals surface area contributed by atoms with E-state index in [0.29, 0.717) is 6.54 Å². The van der Waals surface area contributed by atoms with E-state index in [4.69, 9.17) is 4.74 Å². The minimum absolute atomic E-state index is 0.196. The summed E-state index contributed by atoms with van der Waals surface area (Å²) in [5, 5.41) is 2.64. The molecule has 0 aromatic heterocycles. The van der Waals surface area contributed by atoms with Gasteiger partial charge in [-0.15, -0.1) is 6.58 Å². The Morgan fingerprint density at radius 1 is 1.18 bits per heavy atom. The lowest BCUT2D eigenvalue weighted by molar-refractivity contribution is -0.146. The first kappa shape index (κ1) is 17.8. The number of rotatable bonds is 4. The van der Waals surface area contributed by atoms with Crippen LogP contribution in [0, 0.1) is 0 Å². The minimum atomic E-state index is -0.633. The molecule has 0 fully saturated rings. The van der Waals surface area contributed by atoms with Crippen LogP contribution in [0.4, 0.5) is 4.79 Å². The van der Waals surface area contributed by atoms with Gasteiger partial charge < -0.3 is 4.74 Å². The predicted molar refractivity (Wildman–Crippen MR) is 85.8 cm³/mol. The van der Waals surface area contributed by atoms with Crippen LogP contribution in [0.25, 0.3) is 0 Å². The molecule has 0 radical (unpaired) electrons. The Morgan fingerprint density at radius 3 is 2.23 bits per heavy atom. The van der Waals surface area contributed by atoms with Crippen LogP contribution in [-0.2, 0) is 16.1 Å². The van der Waals surface area contributed by atoms with E-state index in [-0.39, 0.29) is 12.5 Å². The maximum absolute atomic E-state index is 12.3. The summed E-state index contributed by atoms with van der Waals surface area (Å²) in [4.78, 5) is 24.3. The van der Waals surface area contributed by atoms with Crippen LogP contribution in [0.15, 0.2) is 43.0 Å². The Labute approximate surface area is 132 Å². The number of amides is 2. The van der Waals surface area contributed by atoms with Crippen molar-refractivity contribution in [3.8, 4) is 0 Å². The van der Waals surface area contributed by atoms with Crippen LogP contribution in [0.1, 0.15) is 33.3 Å². The minimum Gasteiger partial charge on any atom is -0.442 e. The Morgan fingerprint density at radius 2 is 1.77 bits per heavy atom. The second-order valence-corrected chi connectivity index (χ2v) is 5.91. The molecule has 0 atom stereocenters. The first-order valence-electron chi connectivity index (χ1n) is 7.18. The third-order valence-corrected chi connectivity index (χ3v) is 2.74. The van der Waals surface area contributed by atoms with Gasteiger partial charge in [-0.1, -0.05) is 36.4 Å². The van der Waals surface area contributed by atoms with Gasteiger partial charge >= 0.3 is 6.09 Å². The van der Waals surface area contributed by atoms with Crippen LogP contribution < -0.4 is 0 Å².